The van der Waals surface area contributed by atoms with Crippen LogP contribution < -0.4 is 22.1 Å². The van der Waals surface area contributed by atoms with Gasteiger partial charge in [-0.15, -0.1) is 0 Å². The second-order valence-electron chi connectivity index (χ2n) is 5.41. The molecule has 0 aliphatic rings. The van der Waals surface area contributed by atoms with E-state index >= 15 is 0 Å². The summed E-state index contributed by atoms with van der Waals surface area (Å²) in [6.07, 6.45) is -0.287. The van der Waals surface area contributed by atoms with Gasteiger partial charge in [-0.2, -0.15) is 0 Å². The number of rotatable bonds is 10. The van der Waals surface area contributed by atoms with Gasteiger partial charge in [-0.25, -0.2) is 0 Å². The molecule has 0 fully saturated rings. The van der Waals surface area contributed by atoms with E-state index in [4.69, 9.17) is 16.6 Å². The van der Waals surface area contributed by atoms with Crippen molar-refractivity contribution >= 4 is 23.7 Å². The Labute approximate surface area is 144 Å². The van der Waals surface area contributed by atoms with Crippen LogP contribution in [0.15, 0.2) is 30.3 Å². The highest BCUT2D eigenvalue weighted by Gasteiger charge is 2.26. The summed E-state index contributed by atoms with van der Waals surface area (Å²) in [5, 5.41) is 13.6. The van der Waals surface area contributed by atoms with Gasteiger partial charge >= 0.3 is 5.97 Å². The third-order valence-corrected chi connectivity index (χ3v) is 3.43. The number of aliphatic carboxylic acids is 1. The number of carboxylic acids is 1. The molecular weight excluding hydrogens is 328 g/mol. The quantitative estimate of drug-likeness (QED) is 0.345. The summed E-state index contributed by atoms with van der Waals surface area (Å²) in [7, 11) is 0. The lowest BCUT2D eigenvalue weighted by Gasteiger charge is -2.21. The predicted molar refractivity (Wildman–Crippen MR) is 89.1 cm³/mol. The SMILES string of the molecule is NCC(=O)N[C@@H](CCC(=O)O)C(=O)N[C@@H](Cc1ccccc1)C(N)=O. The number of amides is 3. The molecule has 9 nitrogen and oxygen atoms in total. The molecule has 3 amide bonds. The van der Waals surface area contributed by atoms with Crippen LogP contribution in [-0.4, -0.2) is 47.4 Å². The highest BCUT2D eigenvalue weighted by atomic mass is 16.4. The molecule has 1 rings (SSSR count). The van der Waals surface area contributed by atoms with Crippen molar-refractivity contribution < 1.29 is 24.3 Å². The summed E-state index contributed by atoms with van der Waals surface area (Å²) in [5.41, 5.74) is 11.3. The van der Waals surface area contributed by atoms with E-state index in [1.54, 1.807) is 24.3 Å². The molecule has 0 saturated heterocycles. The molecule has 0 spiro atoms. The molecule has 2 atom stereocenters. The van der Waals surface area contributed by atoms with Crippen molar-refractivity contribution in [3.8, 4) is 0 Å². The van der Waals surface area contributed by atoms with Gasteiger partial charge in [0.2, 0.25) is 17.7 Å². The Kier molecular flexibility index (Phi) is 8.07. The van der Waals surface area contributed by atoms with Crippen LogP contribution in [0.2, 0.25) is 0 Å². The molecule has 0 bridgehead atoms. The van der Waals surface area contributed by atoms with Gasteiger partial charge in [-0.3, -0.25) is 19.2 Å². The van der Waals surface area contributed by atoms with Gasteiger partial charge in [0.1, 0.15) is 12.1 Å². The average molecular weight is 350 g/mol. The van der Waals surface area contributed by atoms with E-state index in [0.29, 0.717) is 0 Å². The second kappa shape index (κ2) is 10.0. The fourth-order valence-corrected chi connectivity index (χ4v) is 2.13. The standard InChI is InChI=1S/C16H22N4O5/c17-9-13(21)19-11(6-7-14(22)23)16(25)20-12(15(18)24)8-10-4-2-1-3-5-10/h1-5,11-12H,6-9,17H2,(H2,18,24)(H,19,21)(H,20,25)(H,22,23)/t11-,12-/m0/s1. The average Bonchev–Trinajstić information content (AvgIpc) is 2.58. The number of nitrogens with one attached hydrogen (secondary N) is 2. The van der Waals surface area contributed by atoms with E-state index in [-0.39, 0.29) is 25.8 Å². The van der Waals surface area contributed by atoms with Gasteiger partial charge in [0.25, 0.3) is 0 Å². The van der Waals surface area contributed by atoms with E-state index < -0.39 is 35.8 Å². The molecule has 0 saturated carbocycles. The number of benzene rings is 1. The summed E-state index contributed by atoms with van der Waals surface area (Å²) in [6.45, 7) is -0.347. The lowest BCUT2D eigenvalue weighted by Crippen LogP contribution is -2.54. The van der Waals surface area contributed by atoms with Crippen LogP contribution in [0, 0.1) is 0 Å². The third-order valence-electron chi connectivity index (χ3n) is 3.43. The molecule has 136 valence electrons. The maximum absolute atomic E-state index is 12.3. The molecule has 0 radical (unpaired) electrons. The minimum Gasteiger partial charge on any atom is -0.481 e. The minimum absolute atomic E-state index is 0.135. The maximum atomic E-state index is 12.3. The predicted octanol–water partition coefficient (Wildman–Crippen LogP) is -1.49. The van der Waals surface area contributed by atoms with Crippen molar-refractivity contribution in [1.29, 1.82) is 0 Å². The minimum atomic E-state index is -1.12. The Balaban J connectivity index is 2.79. The van der Waals surface area contributed by atoms with Gasteiger partial charge in [-0.05, 0) is 12.0 Å². The van der Waals surface area contributed by atoms with Crippen molar-refractivity contribution in [2.45, 2.75) is 31.3 Å². The Morgan fingerprint density at radius 3 is 2.20 bits per heavy atom. The highest BCUT2D eigenvalue weighted by molar-refractivity contribution is 5.92. The molecule has 0 aliphatic carbocycles. The fourth-order valence-electron chi connectivity index (χ4n) is 2.13. The van der Waals surface area contributed by atoms with Crippen LogP contribution in [0.4, 0.5) is 0 Å². The molecule has 1 aromatic carbocycles. The summed E-state index contributed by atoms with van der Waals surface area (Å²) in [6, 6.07) is 6.83. The van der Waals surface area contributed by atoms with Crippen molar-refractivity contribution in [2.75, 3.05) is 6.54 Å². The highest BCUT2D eigenvalue weighted by Crippen LogP contribution is 2.05. The lowest BCUT2D eigenvalue weighted by atomic mass is 10.0. The van der Waals surface area contributed by atoms with Crippen LogP contribution >= 0.6 is 0 Å². The zero-order chi connectivity index (χ0) is 18.8. The third kappa shape index (κ3) is 7.44. The maximum Gasteiger partial charge on any atom is 0.303 e. The lowest BCUT2D eigenvalue weighted by molar-refractivity contribution is -0.138. The van der Waals surface area contributed by atoms with E-state index in [1.165, 1.54) is 0 Å². The van der Waals surface area contributed by atoms with Crippen LogP contribution in [0.3, 0.4) is 0 Å². The van der Waals surface area contributed by atoms with Gasteiger partial charge in [0.05, 0.1) is 6.54 Å². The van der Waals surface area contributed by atoms with Gasteiger partial charge in [-0.1, -0.05) is 30.3 Å². The zero-order valence-electron chi connectivity index (χ0n) is 13.6. The van der Waals surface area contributed by atoms with Crippen molar-refractivity contribution in [3.63, 3.8) is 0 Å². The van der Waals surface area contributed by atoms with Crippen LogP contribution in [-0.2, 0) is 25.6 Å². The number of carbonyl (C=O) groups excluding carboxylic acids is 3. The first-order chi connectivity index (χ1) is 11.8. The Morgan fingerprint density at radius 1 is 1.04 bits per heavy atom. The van der Waals surface area contributed by atoms with Crippen molar-refractivity contribution in [1.82, 2.24) is 10.6 Å². The Bertz CT molecular complexity index is 620. The molecule has 9 heteroatoms. The molecule has 0 unspecified atom stereocenters. The number of nitrogens with two attached hydrogens (primary N) is 2. The summed E-state index contributed by atoms with van der Waals surface area (Å²) in [4.78, 5) is 46.1. The van der Waals surface area contributed by atoms with E-state index in [2.05, 4.69) is 10.6 Å². The van der Waals surface area contributed by atoms with E-state index in [0.717, 1.165) is 5.56 Å². The Morgan fingerprint density at radius 2 is 1.68 bits per heavy atom. The van der Waals surface area contributed by atoms with Crippen LogP contribution in [0.25, 0.3) is 0 Å². The van der Waals surface area contributed by atoms with Gasteiger partial charge in [0, 0.05) is 12.8 Å². The first-order valence-corrected chi connectivity index (χ1v) is 7.68. The zero-order valence-corrected chi connectivity index (χ0v) is 13.6. The molecule has 7 N–H and O–H groups in total. The molecule has 0 aliphatic heterocycles. The van der Waals surface area contributed by atoms with Crippen LogP contribution in [0.1, 0.15) is 18.4 Å². The van der Waals surface area contributed by atoms with E-state index in [1.807, 2.05) is 6.07 Å². The molecular formula is C16H22N4O5. The fraction of sp³-hybridized carbons (Fsp3) is 0.375. The number of carboxylic acid groups (broad SMARTS) is 1. The molecule has 0 aromatic heterocycles. The topological polar surface area (TPSA) is 165 Å². The number of primary amides is 1. The number of hydrogen-bond donors (Lipinski definition) is 5. The summed E-state index contributed by atoms with van der Waals surface area (Å²) >= 11 is 0. The largest absolute Gasteiger partial charge is 0.481 e. The normalized spacial score (nSPS) is 12.7. The van der Waals surface area contributed by atoms with Gasteiger partial charge < -0.3 is 27.2 Å². The van der Waals surface area contributed by atoms with Crippen molar-refractivity contribution in [2.24, 2.45) is 11.5 Å². The summed E-state index contributed by atoms with van der Waals surface area (Å²) < 4.78 is 0. The molecule has 0 heterocycles. The van der Waals surface area contributed by atoms with Crippen molar-refractivity contribution in [3.05, 3.63) is 35.9 Å². The van der Waals surface area contributed by atoms with Crippen LogP contribution in [0.5, 0.6) is 0 Å². The number of hydrogen-bond acceptors (Lipinski definition) is 5. The first kappa shape index (κ1) is 20.1. The monoisotopic (exact) mass is 350 g/mol. The molecule has 1 aromatic rings. The van der Waals surface area contributed by atoms with E-state index in [9.17, 15) is 19.2 Å². The second-order valence-corrected chi connectivity index (χ2v) is 5.41. The summed E-state index contributed by atoms with van der Waals surface area (Å²) in [5.74, 6) is -3.15. The number of carbonyl (C=O) groups is 4. The first-order valence-electron chi connectivity index (χ1n) is 7.68. The van der Waals surface area contributed by atoms with Gasteiger partial charge in [0.15, 0.2) is 0 Å². The Hall–Kier alpha value is -2.94. The smallest absolute Gasteiger partial charge is 0.303 e. The molecule has 25 heavy (non-hydrogen) atoms.